The third kappa shape index (κ3) is 5.44. The molecular formula is C25H23N5O3S. The molecule has 0 aliphatic heterocycles. The number of phenols is 1. The van der Waals surface area contributed by atoms with Crippen LogP contribution in [0.1, 0.15) is 11.1 Å². The second-order valence-electron chi connectivity index (χ2n) is 7.36. The summed E-state index contributed by atoms with van der Waals surface area (Å²) in [5, 5.41) is 23.0. The van der Waals surface area contributed by atoms with Crippen molar-refractivity contribution in [2.24, 2.45) is 5.10 Å². The second-order valence-corrected chi connectivity index (χ2v) is 8.30. The molecule has 8 nitrogen and oxygen atoms in total. The molecule has 1 aromatic heterocycles. The van der Waals surface area contributed by atoms with E-state index in [0.717, 1.165) is 16.8 Å². The topological polar surface area (TPSA) is 102 Å². The third-order valence-electron chi connectivity index (χ3n) is 4.90. The van der Waals surface area contributed by atoms with Crippen molar-refractivity contribution in [3.05, 3.63) is 83.9 Å². The number of hydrogen-bond donors (Lipinski definition) is 2. The Morgan fingerprint density at radius 2 is 1.88 bits per heavy atom. The van der Waals surface area contributed by atoms with Crippen LogP contribution in [-0.2, 0) is 4.79 Å². The lowest BCUT2D eigenvalue weighted by molar-refractivity contribution is -0.118. The molecule has 9 heteroatoms. The molecule has 0 aliphatic carbocycles. The number of aromatic nitrogens is 3. The summed E-state index contributed by atoms with van der Waals surface area (Å²) in [7, 11) is 1.47. The van der Waals surface area contributed by atoms with E-state index in [1.54, 1.807) is 12.1 Å². The molecule has 0 unspecified atom stereocenters. The Hall–Kier alpha value is -4.11. The zero-order valence-corrected chi connectivity index (χ0v) is 19.5. The fourth-order valence-corrected chi connectivity index (χ4v) is 3.92. The molecule has 4 rings (SSSR count). The Labute approximate surface area is 201 Å². The van der Waals surface area contributed by atoms with Crippen molar-refractivity contribution in [2.45, 2.75) is 12.1 Å². The van der Waals surface area contributed by atoms with E-state index in [4.69, 9.17) is 4.74 Å². The van der Waals surface area contributed by atoms with Gasteiger partial charge < -0.3 is 9.84 Å². The number of methoxy groups -OCH3 is 1. The molecule has 1 heterocycles. The number of phenolic OH excluding ortho intramolecular Hbond substituents is 1. The minimum absolute atomic E-state index is 0.0349. The van der Waals surface area contributed by atoms with Gasteiger partial charge in [-0.2, -0.15) is 5.10 Å². The Balaban J connectivity index is 1.48. The first kappa shape index (κ1) is 23.1. The predicted molar refractivity (Wildman–Crippen MR) is 133 cm³/mol. The van der Waals surface area contributed by atoms with E-state index < -0.39 is 0 Å². The van der Waals surface area contributed by atoms with Crippen molar-refractivity contribution in [1.82, 2.24) is 20.2 Å². The van der Waals surface area contributed by atoms with Gasteiger partial charge in [0.25, 0.3) is 5.91 Å². The van der Waals surface area contributed by atoms with Gasteiger partial charge in [-0.25, -0.2) is 5.43 Å². The minimum Gasteiger partial charge on any atom is -0.504 e. The first-order chi connectivity index (χ1) is 16.5. The van der Waals surface area contributed by atoms with Crippen LogP contribution in [0.5, 0.6) is 11.5 Å². The molecule has 172 valence electrons. The summed E-state index contributed by atoms with van der Waals surface area (Å²) >= 11 is 1.27. The molecule has 3 aromatic carbocycles. The molecule has 0 radical (unpaired) electrons. The van der Waals surface area contributed by atoms with Crippen LogP contribution in [0.2, 0.25) is 0 Å². The van der Waals surface area contributed by atoms with Crippen molar-refractivity contribution >= 4 is 23.9 Å². The van der Waals surface area contributed by atoms with E-state index >= 15 is 0 Å². The quantitative estimate of drug-likeness (QED) is 0.226. The van der Waals surface area contributed by atoms with E-state index in [2.05, 4.69) is 20.7 Å². The van der Waals surface area contributed by atoms with Gasteiger partial charge >= 0.3 is 0 Å². The van der Waals surface area contributed by atoms with Crippen LogP contribution in [0.4, 0.5) is 0 Å². The molecule has 34 heavy (non-hydrogen) atoms. The van der Waals surface area contributed by atoms with E-state index in [-0.39, 0.29) is 17.4 Å². The number of amides is 1. The second kappa shape index (κ2) is 10.7. The highest BCUT2D eigenvalue weighted by atomic mass is 32.2. The maximum absolute atomic E-state index is 12.4. The Morgan fingerprint density at radius 3 is 2.62 bits per heavy atom. The van der Waals surface area contributed by atoms with Crippen molar-refractivity contribution < 1.29 is 14.6 Å². The number of rotatable bonds is 8. The largest absolute Gasteiger partial charge is 0.504 e. The van der Waals surface area contributed by atoms with Crippen LogP contribution in [0, 0.1) is 6.92 Å². The highest BCUT2D eigenvalue weighted by molar-refractivity contribution is 7.99. The third-order valence-corrected chi connectivity index (χ3v) is 5.83. The van der Waals surface area contributed by atoms with E-state index in [1.165, 1.54) is 31.2 Å². The normalized spacial score (nSPS) is 11.0. The number of thioether (sulfide) groups is 1. The molecule has 2 N–H and O–H groups in total. The standard InChI is InChI=1S/C25H23N5O3S/c1-17-8-11-20(12-9-17)30-24(19-6-4-3-5-7-19)28-29-25(30)34-16-23(32)27-26-15-18-10-13-21(31)22(14-18)33-2/h3-15,31H,16H2,1-2H3,(H,27,32)/b26-15+. The summed E-state index contributed by atoms with van der Waals surface area (Å²) in [6.07, 6.45) is 1.48. The van der Waals surface area contributed by atoms with E-state index in [9.17, 15) is 9.90 Å². The predicted octanol–water partition coefficient (Wildman–Crippen LogP) is 4.20. The SMILES string of the molecule is COc1cc(/C=N/NC(=O)CSc2nnc(-c3ccccc3)n2-c2ccc(C)cc2)ccc1O. The monoisotopic (exact) mass is 473 g/mol. The lowest BCUT2D eigenvalue weighted by Crippen LogP contribution is -2.20. The zero-order chi connectivity index (χ0) is 23.9. The Kier molecular flexibility index (Phi) is 7.24. The molecule has 0 fully saturated rings. The number of benzene rings is 3. The molecule has 0 spiro atoms. The fraction of sp³-hybridized carbons (Fsp3) is 0.120. The minimum atomic E-state index is -0.285. The highest BCUT2D eigenvalue weighted by Gasteiger charge is 2.17. The van der Waals surface area contributed by atoms with E-state index in [0.29, 0.717) is 22.3 Å². The van der Waals surface area contributed by atoms with Gasteiger partial charge in [0.1, 0.15) is 0 Å². The number of aryl methyl sites for hydroxylation is 1. The van der Waals surface area contributed by atoms with Crippen LogP contribution in [0.15, 0.2) is 83.1 Å². The van der Waals surface area contributed by atoms with Gasteiger partial charge in [0, 0.05) is 11.3 Å². The van der Waals surface area contributed by atoms with Crippen molar-refractivity contribution in [2.75, 3.05) is 12.9 Å². The summed E-state index contributed by atoms with van der Waals surface area (Å²) in [5.41, 5.74) is 6.18. The first-order valence-corrected chi connectivity index (χ1v) is 11.4. The van der Waals surface area contributed by atoms with Crippen LogP contribution < -0.4 is 10.2 Å². The first-order valence-electron chi connectivity index (χ1n) is 10.4. The molecule has 0 atom stereocenters. The lowest BCUT2D eigenvalue weighted by Gasteiger charge is -2.10. The number of carbonyl (C=O) groups is 1. The summed E-state index contributed by atoms with van der Waals surface area (Å²) in [6, 6.07) is 22.6. The van der Waals surface area contributed by atoms with Gasteiger partial charge in [0.15, 0.2) is 22.5 Å². The highest BCUT2D eigenvalue weighted by Crippen LogP contribution is 2.28. The number of aromatic hydroxyl groups is 1. The summed E-state index contributed by atoms with van der Waals surface area (Å²) in [5.74, 6) is 0.885. The van der Waals surface area contributed by atoms with Gasteiger partial charge in [-0.05, 0) is 42.8 Å². The number of ether oxygens (including phenoxy) is 1. The molecule has 1 amide bonds. The average Bonchev–Trinajstić information content (AvgIpc) is 3.29. The van der Waals surface area contributed by atoms with Crippen LogP contribution in [-0.4, -0.2) is 44.9 Å². The van der Waals surface area contributed by atoms with Gasteiger partial charge in [-0.1, -0.05) is 59.8 Å². The number of nitrogens with zero attached hydrogens (tertiary/aromatic N) is 4. The lowest BCUT2D eigenvalue weighted by atomic mass is 10.2. The molecule has 4 aromatic rings. The average molecular weight is 474 g/mol. The fourth-order valence-electron chi connectivity index (χ4n) is 3.18. The molecular weight excluding hydrogens is 450 g/mol. The van der Waals surface area contributed by atoms with Crippen molar-refractivity contribution in [1.29, 1.82) is 0 Å². The Bertz CT molecular complexity index is 1300. The summed E-state index contributed by atoms with van der Waals surface area (Å²) < 4.78 is 7.01. The zero-order valence-electron chi connectivity index (χ0n) is 18.7. The molecule has 0 bridgehead atoms. The summed E-state index contributed by atoms with van der Waals surface area (Å²) in [4.78, 5) is 12.4. The molecule has 0 saturated heterocycles. The number of hydrogen-bond acceptors (Lipinski definition) is 7. The number of nitrogens with one attached hydrogen (secondary N) is 1. The molecule has 0 saturated carbocycles. The number of carbonyl (C=O) groups excluding carboxylic acids is 1. The maximum atomic E-state index is 12.4. The van der Waals surface area contributed by atoms with Crippen molar-refractivity contribution in [3.8, 4) is 28.6 Å². The van der Waals surface area contributed by atoms with Crippen LogP contribution in [0.25, 0.3) is 17.1 Å². The van der Waals surface area contributed by atoms with Crippen LogP contribution in [0.3, 0.4) is 0 Å². The number of hydrazone groups is 1. The smallest absolute Gasteiger partial charge is 0.250 e. The van der Waals surface area contributed by atoms with Crippen LogP contribution >= 0.6 is 11.8 Å². The Morgan fingerprint density at radius 1 is 1.12 bits per heavy atom. The van der Waals surface area contributed by atoms with Crippen molar-refractivity contribution in [3.63, 3.8) is 0 Å². The van der Waals surface area contributed by atoms with Gasteiger partial charge in [0.2, 0.25) is 0 Å². The van der Waals surface area contributed by atoms with Gasteiger partial charge in [0.05, 0.1) is 19.1 Å². The molecule has 0 aliphatic rings. The summed E-state index contributed by atoms with van der Waals surface area (Å²) in [6.45, 7) is 2.03. The maximum Gasteiger partial charge on any atom is 0.250 e. The van der Waals surface area contributed by atoms with Gasteiger partial charge in [-0.15, -0.1) is 10.2 Å². The van der Waals surface area contributed by atoms with E-state index in [1.807, 2.05) is 66.1 Å². The van der Waals surface area contributed by atoms with Gasteiger partial charge in [-0.3, -0.25) is 9.36 Å².